The zero-order valence-corrected chi connectivity index (χ0v) is 10.2. The van der Waals surface area contributed by atoms with E-state index in [2.05, 4.69) is 5.32 Å². The predicted octanol–water partition coefficient (Wildman–Crippen LogP) is 2.58. The Bertz CT molecular complexity index is 402. The van der Waals surface area contributed by atoms with Crippen molar-refractivity contribution in [3.63, 3.8) is 0 Å². The molecule has 1 aromatic heterocycles. The first-order valence-electron chi connectivity index (χ1n) is 5.72. The minimum Gasteiger partial charge on any atom is -0.481 e. The van der Waals surface area contributed by atoms with Crippen molar-refractivity contribution in [2.24, 2.45) is 11.8 Å². The first kappa shape index (κ1) is 12.1. The molecule has 5 heteroatoms. The summed E-state index contributed by atoms with van der Waals surface area (Å²) in [6.07, 6.45) is 2.77. The van der Waals surface area contributed by atoms with Crippen molar-refractivity contribution in [2.75, 3.05) is 5.32 Å². The smallest absolute Gasteiger partial charge is 0.306 e. The van der Waals surface area contributed by atoms with E-state index in [0.29, 0.717) is 12.8 Å². The van der Waals surface area contributed by atoms with Crippen LogP contribution in [-0.2, 0) is 9.59 Å². The third-order valence-corrected chi connectivity index (χ3v) is 3.87. The van der Waals surface area contributed by atoms with Crippen molar-refractivity contribution >= 4 is 28.9 Å². The fourth-order valence-corrected chi connectivity index (χ4v) is 2.82. The van der Waals surface area contributed by atoms with Gasteiger partial charge in [0.2, 0.25) is 5.91 Å². The summed E-state index contributed by atoms with van der Waals surface area (Å²) >= 11 is 1.52. The van der Waals surface area contributed by atoms with Crippen molar-refractivity contribution in [3.05, 3.63) is 16.8 Å². The van der Waals surface area contributed by atoms with E-state index in [9.17, 15) is 9.59 Å². The maximum Gasteiger partial charge on any atom is 0.306 e. The largest absolute Gasteiger partial charge is 0.481 e. The highest BCUT2D eigenvalue weighted by Crippen LogP contribution is 2.30. The molecule has 2 N–H and O–H groups in total. The molecule has 1 amide bonds. The van der Waals surface area contributed by atoms with E-state index in [1.807, 2.05) is 16.8 Å². The van der Waals surface area contributed by atoms with Gasteiger partial charge in [0.05, 0.1) is 11.6 Å². The molecule has 2 atom stereocenters. The van der Waals surface area contributed by atoms with E-state index in [1.54, 1.807) is 0 Å². The van der Waals surface area contributed by atoms with Crippen LogP contribution in [-0.4, -0.2) is 17.0 Å². The Kier molecular flexibility index (Phi) is 3.78. The maximum absolute atomic E-state index is 11.9. The lowest BCUT2D eigenvalue weighted by Crippen LogP contribution is -2.30. The van der Waals surface area contributed by atoms with Crippen LogP contribution in [0.4, 0.5) is 5.69 Å². The van der Waals surface area contributed by atoms with Gasteiger partial charge in [0.1, 0.15) is 0 Å². The molecule has 1 saturated carbocycles. The van der Waals surface area contributed by atoms with Crippen LogP contribution in [0.2, 0.25) is 0 Å². The minimum absolute atomic E-state index is 0.0469. The highest BCUT2D eigenvalue weighted by molar-refractivity contribution is 7.08. The standard InChI is InChI=1S/C12H15NO3S/c14-11(13-10-4-5-17-7-10)8-2-1-3-9(6-8)12(15)16/h4-5,7-9H,1-3,6H2,(H,13,14)(H,15,16)/t8-,9+/m1/s1. The SMILES string of the molecule is O=C(O)[C@H]1CCC[C@@H](C(=O)Nc2ccsc2)C1. The number of rotatable bonds is 3. The van der Waals surface area contributed by atoms with E-state index in [0.717, 1.165) is 18.5 Å². The van der Waals surface area contributed by atoms with Gasteiger partial charge >= 0.3 is 5.97 Å². The van der Waals surface area contributed by atoms with Crippen LogP contribution in [0.25, 0.3) is 0 Å². The average Bonchev–Trinajstić information content (AvgIpc) is 2.82. The molecule has 1 aliphatic carbocycles. The van der Waals surface area contributed by atoms with Crippen molar-refractivity contribution in [1.82, 2.24) is 0 Å². The lowest BCUT2D eigenvalue weighted by atomic mass is 9.81. The van der Waals surface area contributed by atoms with E-state index in [4.69, 9.17) is 5.11 Å². The molecule has 0 spiro atoms. The molecular formula is C12H15NO3S. The molecule has 0 aliphatic heterocycles. The highest BCUT2D eigenvalue weighted by Gasteiger charge is 2.30. The van der Waals surface area contributed by atoms with Gasteiger partial charge in [0, 0.05) is 11.3 Å². The summed E-state index contributed by atoms with van der Waals surface area (Å²) in [5.74, 6) is -1.35. The summed E-state index contributed by atoms with van der Waals surface area (Å²) in [5, 5.41) is 15.6. The topological polar surface area (TPSA) is 66.4 Å². The Morgan fingerprint density at radius 1 is 1.35 bits per heavy atom. The quantitative estimate of drug-likeness (QED) is 0.870. The van der Waals surface area contributed by atoms with Crippen molar-refractivity contribution < 1.29 is 14.7 Å². The zero-order valence-electron chi connectivity index (χ0n) is 9.39. The molecule has 0 radical (unpaired) electrons. The molecule has 4 nitrogen and oxygen atoms in total. The van der Waals surface area contributed by atoms with Gasteiger partial charge in [-0.05, 0) is 30.7 Å². The van der Waals surface area contributed by atoms with Crippen molar-refractivity contribution in [2.45, 2.75) is 25.7 Å². The molecule has 0 unspecified atom stereocenters. The molecule has 1 heterocycles. The number of aliphatic carboxylic acids is 1. The Hall–Kier alpha value is -1.36. The summed E-state index contributed by atoms with van der Waals surface area (Å²) < 4.78 is 0. The summed E-state index contributed by atoms with van der Waals surface area (Å²) in [5.41, 5.74) is 0.803. The predicted molar refractivity (Wildman–Crippen MR) is 66.0 cm³/mol. The molecule has 0 saturated heterocycles. The molecule has 0 aromatic carbocycles. The van der Waals surface area contributed by atoms with E-state index < -0.39 is 5.97 Å². The summed E-state index contributed by atoms with van der Waals surface area (Å²) in [4.78, 5) is 22.8. The number of carboxylic acid groups (broad SMARTS) is 1. The first-order chi connectivity index (χ1) is 8.16. The van der Waals surface area contributed by atoms with E-state index >= 15 is 0 Å². The number of carbonyl (C=O) groups excluding carboxylic acids is 1. The van der Waals surface area contributed by atoms with Crippen LogP contribution in [0, 0.1) is 11.8 Å². The van der Waals surface area contributed by atoms with Crippen LogP contribution < -0.4 is 5.32 Å². The molecular weight excluding hydrogens is 238 g/mol. The highest BCUT2D eigenvalue weighted by atomic mass is 32.1. The summed E-state index contributed by atoms with van der Waals surface area (Å²) in [6, 6.07) is 1.85. The van der Waals surface area contributed by atoms with Gasteiger partial charge in [0.25, 0.3) is 0 Å². The number of hydrogen-bond donors (Lipinski definition) is 2. The first-order valence-corrected chi connectivity index (χ1v) is 6.67. The van der Waals surface area contributed by atoms with Crippen molar-refractivity contribution in [1.29, 1.82) is 0 Å². The molecule has 2 rings (SSSR count). The van der Waals surface area contributed by atoms with Crippen LogP contribution in [0.3, 0.4) is 0 Å². The van der Waals surface area contributed by atoms with Crippen LogP contribution >= 0.6 is 11.3 Å². The van der Waals surface area contributed by atoms with Gasteiger partial charge in [-0.25, -0.2) is 0 Å². The number of anilines is 1. The van der Waals surface area contributed by atoms with Gasteiger partial charge < -0.3 is 10.4 Å². The van der Waals surface area contributed by atoms with Crippen LogP contribution in [0.15, 0.2) is 16.8 Å². The monoisotopic (exact) mass is 253 g/mol. The molecule has 92 valence electrons. The minimum atomic E-state index is -0.780. The lowest BCUT2D eigenvalue weighted by Gasteiger charge is -2.25. The Labute approximate surface area is 104 Å². The Balaban J connectivity index is 1.93. The zero-order chi connectivity index (χ0) is 12.3. The number of nitrogens with one attached hydrogen (secondary N) is 1. The van der Waals surface area contributed by atoms with E-state index in [1.165, 1.54) is 11.3 Å². The van der Waals surface area contributed by atoms with Crippen molar-refractivity contribution in [3.8, 4) is 0 Å². The number of hydrogen-bond acceptors (Lipinski definition) is 3. The van der Waals surface area contributed by atoms with Gasteiger partial charge in [-0.1, -0.05) is 6.42 Å². The second-order valence-corrected chi connectivity index (χ2v) is 5.18. The van der Waals surface area contributed by atoms with E-state index in [-0.39, 0.29) is 17.7 Å². The van der Waals surface area contributed by atoms with Gasteiger partial charge in [-0.15, -0.1) is 0 Å². The number of amides is 1. The molecule has 17 heavy (non-hydrogen) atoms. The number of thiophene rings is 1. The lowest BCUT2D eigenvalue weighted by molar-refractivity contribution is -0.143. The van der Waals surface area contributed by atoms with Gasteiger partial charge in [0.15, 0.2) is 0 Å². The molecule has 1 aliphatic rings. The van der Waals surface area contributed by atoms with Crippen LogP contribution in [0.5, 0.6) is 0 Å². The third-order valence-electron chi connectivity index (χ3n) is 3.18. The number of carbonyl (C=O) groups is 2. The fraction of sp³-hybridized carbons (Fsp3) is 0.500. The molecule has 0 bridgehead atoms. The van der Waals surface area contributed by atoms with Crippen LogP contribution in [0.1, 0.15) is 25.7 Å². The third kappa shape index (κ3) is 3.06. The second-order valence-electron chi connectivity index (χ2n) is 4.40. The molecule has 1 fully saturated rings. The molecule has 1 aromatic rings. The average molecular weight is 253 g/mol. The number of carboxylic acids is 1. The Morgan fingerprint density at radius 2 is 2.12 bits per heavy atom. The van der Waals surface area contributed by atoms with Gasteiger partial charge in [-0.2, -0.15) is 11.3 Å². The fourth-order valence-electron chi connectivity index (χ4n) is 2.23. The second kappa shape index (κ2) is 5.31. The summed E-state index contributed by atoms with van der Waals surface area (Å²) in [7, 11) is 0. The normalized spacial score (nSPS) is 24.2. The summed E-state index contributed by atoms with van der Waals surface area (Å²) in [6.45, 7) is 0. The maximum atomic E-state index is 11.9. The van der Waals surface area contributed by atoms with Gasteiger partial charge in [-0.3, -0.25) is 9.59 Å². The Morgan fingerprint density at radius 3 is 2.76 bits per heavy atom.